The molecular weight excluding hydrogens is 549 g/mol. The Morgan fingerprint density at radius 1 is 1.08 bits per heavy atom. The van der Waals surface area contributed by atoms with Crippen molar-refractivity contribution in [2.45, 2.75) is 12.7 Å². The Morgan fingerprint density at radius 3 is 2.70 bits per heavy atom. The number of H-pyrrole nitrogens is 1. The number of pyridine rings is 1. The molecule has 4 aromatic rings. The van der Waals surface area contributed by atoms with Crippen molar-refractivity contribution in [2.24, 2.45) is 0 Å². The van der Waals surface area contributed by atoms with E-state index < -0.39 is 17.6 Å². The molecule has 0 aliphatic carbocycles. The van der Waals surface area contributed by atoms with E-state index in [9.17, 15) is 18.0 Å². The van der Waals surface area contributed by atoms with Gasteiger partial charge in [-0.15, -0.1) is 0 Å². The van der Waals surface area contributed by atoms with E-state index in [0.717, 1.165) is 21.4 Å². The van der Waals surface area contributed by atoms with Gasteiger partial charge in [0.2, 0.25) is 0 Å². The first kappa shape index (κ1) is 26.3. The highest BCUT2D eigenvalue weighted by Gasteiger charge is 2.33. The molecule has 190 valence electrons. The predicted molar refractivity (Wildman–Crippen MR) is 139 cm³/mol. The zero-order valence-corrected chi connectivity index (χ0v) is 21.2. The number of nitrogens with one attached hydrogen (secondary N) is 4. The molecule has 0 unspecified atom stereocenters. The van der Waals surface area contributed by atoms with E-state index in [4.69, 9.17) is 0 Å². The minimum atomic E-state index is -4.57. The first-order chi connectivity index (χ1) is 17.7. The van der Waals surface area contributed by atoms with E-state index in [2.05, 4.69) is 58.9 Å². The van der Waals surface area contributed by atoms with Crippen molar-refractivity contribution in [1.29, 1.82) is 0 Å². The first-order valence-corrected chi connectivity index (χ1v) is 12.0. The molecule has 0 fully saturated rings. The molecule has 0 aliphatic rings. The van der Waals surface area contributed by atoms with Gasteiger partial charge in [-0.05, 0) is 54.9 Å². The molecule has 2 heterocycles. The Balaban J connectivity index is 1.51. The van der Waals surface area contributed by atoms with Gasteiger partial charge in [0.1, 0.15) is 5.69 Å². The maximum atomic E-state index is 13.7. The average molecular weight is 571 g/mol. The minimum absolute atomic E-state index is 0.0299. The Kier molecular flexibility index (Phi) is 8.23. The first-order valence-electron chi connectivity index (χ1n) is 11.2. The number of amides is 1. The van der Waals surface area contributed by atoms with E-state index in [1.165, 1.54) is 30.6 Å². The Hall–Kier alpha value is -3.72. The molecule has 4 N–H and O–H groups in total. The second-order valence-electron chi connectivity index (χ2n) is 8.08. The molecule has 1 amide bonds. The van der Waals surface area contributed by atoms with E-state index in [0.29, 0.717) is 24.3 Å². The number of hydrogen-bond donors (Lipinski definition) is 4. The highest BCUT2D eigenvalue weighted by molar-refractivity contribution is 9.10. The lowest BCUT2D eigenvalue weighted by Gasteiger charge is -2.16. The van der Waals surface area contributed by atoms with Gasteiger partial charge in [0.05, 0.1) is 16.6 Å². The summed E-state index contributed by atoms with van der Waals surface area (Å²) in [5.74, 6) is 5.33. The second kappa shape index (κ2) is 11.6. The molecule has 2 aromatic heterocycles. The number of aromatic amines is 1. The quantitative estimate of drug-likeness (QED) is 0.191. The fourth-order valence-corrected chi connectivity index (χ4v) is 3.92. The zero-order valence-electron chi connectivity index (χ0n) is 19.6. The summed E-state index contributed by atoms with van der Waals surface area (Å²) < 4.78 is 41.8. The summed E-state index contributed by atoms with van der Waals surface area (Å²) in [5, 5.41) is 16.3. The maximum absolute atomic E-state index is 13.7. The van der Waals surface area contributed by atoms with Gasteiger partial charge >= 0.3 is 6.18 Å². The van der Waals surface area contributed by atoms with Gasteiger partial charge in [0.25, 0.3) is 5.91 Å². The van der Waals surface area contributed by atoms with Crippen LogP contribution in [-0.2, 0) is 12.7 Å². The summed E-state index contributed by atoms with van der Waals surface area (Å²) in [6, 6.07) is 10.9. The van der Waals surface area contributed by atoms with Crippen molar-refractivity contribution in [2.75, 3.05) is 25.5 Å². The number of benzene rings is 2. The standard InChI is InChI=1S/C26H22BrF3N6O/c1-31-8-9-32-14-17-3-5-20(12-22(17)26(28,29)30)34-25(37)18-10-16(13-33-15-18)2-6-23-21-11-19(27)4-7-24(21)36-35-23/h3-5,7,10-13,15,31-32H,8-9,14H2,1H3,(H,34,37)(H,35,36). The molecule has 4 rings (SSSR count). The summed E-state index contributed by atoms with van der Waals surface area (Å²) in [7, 11) is 1.76. The van der Waals surface area contributed by atoms with Crippen LogP contribution in [-0.4, -0.2) is 41.2 Å². The molecule has 0 atom stereocenters. The topological polar surface area (TPSA) is 94.7 Å². The predicted octanol–water partition coefficient (Wildman–Crippen LogP) is 4.70. The number of carbonyl (C=O) groups excluding carboxylic acids is 1. The van der Waals surface area contributed by atoms with Crippen molar-refractivity contribution in [3.63, 3.8) is 0 Å². The number of aromatic nitrogens is 3. The molecule has 2 aromatic carbocycles. The van der Waals surface area contributed by atoms with Gasteiger partial charge in [0, 0.05) is 53.1 Å². The normalized spacial score (nSPS) is 11.3. The van der Waals surface area contributed by atoms with E-state index in [1.54, 1.807) is 7.05 Å². The highest BCUT2D eigenvalue weighted by Crippen LogP contribution is 2.34. The Morgan fingerprint density at radius 2 is 1.92 bits per heavy atom. The summed E-state index contributed by atoms with van der Waals surface area (Å²) in [6.07, 6.45) is -1.74. The Labute approximate surface area is 219 Å². The molecule has 0 saturated heterocycles. The largest absolute Gasteiger partial charge is 0.416 e. The number of fused-ring (bicyclic) bond motifs is 1. The summed E-state index contributed by atoms with van der Waals surface area (Å²) in [6.45, 7) is 1.20. The lowest BCUT2D eigenvalue weighted by atomic mass is 10.1. The van der Waals surface area contributed by atoms with Crippen LogP contribution in [0, 0.1) is 11.8 Å². The van der Waals surface area contributed by atoms with Gasteiger partial charge in [-0.25, -0.2) is 0 Å². The molecule has 11 heteroatoms. The van der Waals surface area contributed by atoms with Crippen LogP contribution in [0.5, 0.6) is 0 Å². The average Bonchev–Trinajstić information content (AvgIpc) is 3.27. The molecule has 0 aliphatic heterocycles. The molecule has 7 nitrogen and oxygen atoms in total. The smallest absolute Gasteiger partial charge is 0.322 e. The van der Waals surface area contributed by atoms with Gasteiger partial charge in [-0.1, -0.05) is 27.9 Å². The van der Waals surface area contributed by atoms with Crippen molar-refractivity contribution in [3.8, 4) is 11.8 Å². The van der Waals surface area contributed by atoms with Crippen LogP contribution in [0.15, 0.2) is 59.3 Å². The molecule has 0 bridgehead atoms. The minimum Gasteiger partial charge on any atom is -0.322 e. The lowest BCUT2D eigenvalue weighted by Crippen LogP contribution is -2.25. The molecular formula is C26H22BrF3N6O. The van der Waals surface area contributed by atoms with Gasteiger partial charge < -0.3 is 16.0 Å². The number of rotatable bonds is 7. The van der Waals surface area contributed by atoms with Crippen LogP contribution in [0.3, 0.4) is 0 Å². The molecule has 0 saturated carbocycles. The monoisotopic (exact) mass is 570 g/mol. The number of halogens is 4. The number of hydrogen-bond acceptors (Lipinski definition) is 5. The third kappa shape index (κ3) is 6.74. The van der Waals surface area contributed by atoms with Crippen molar-refractivity contribution in [1.82, 2.24) is 25.8 Å². The molecule has 0 radical (unpaired) electrons. The van der Waals surface area contributed by atoms with Crippen LogP contribution < -0.4 is 16.0 Å². The second-order valence-corrected chi connectivity index (χ2v) is 8.99. The fraction of sp³-hybridized carbons (Fsp3) is 0.192. The lowest BCUT2D eigenvalue weighted by molar-refractivity contribution is -0.138. The van der Waals surface area contributed by atoms with Crippen molar-refractivity contribution < 1.29 is 18.0 Å². The zero-order chi connectivity index (χ0) is 26.4. The number of carbonyl (C=O) groups is 1. The number of nitrogens with zero attached hydrogens (tertiary/aromatic N) is 2. The number of anilines is 1. The highest BCUT2D eigenvalue weighted by atomic mass is 79.9. The van der Waals surface area contributed by atoms with Crippen LogP contribution in [0.1, 0.15) is 32.7 Å². The maximum Gasteiger partial charge on any atom is 0.416 e. The van der Waals surface area contributed by atoms with Gasteiger partial charge in [-0.2, -0.15) is 18.3 Å². The summed E-state index contributed by atoms with van der Waals surface area (Å²) in [4.78, 5) is 16.8. The van der Waals surface area contributed by atoms with Gasteiger partial charge in [-0.3, -0.25) is 14.9 Å². The third-order valence-corrected chi connectivity index (χ3v) is 5.88. The van der Waals surface area contributed by atoms with E-state index in [1.807, 2.05) is 18.2 Å². The van der Waals surface area contributed by atoms with E-state index >= 15 is 0 Å². The van der Waals surface area contributed by atoms with Crippen LogP contribution in [0.4, 0.5) is 18.9 Å². The van der Waals surface area contributed by atoms with Gasteiger partial charge in [0.15, 0.2) is 0 Å². The third-order valence-electron chi connectivity index (χ3n) is 5.39. The molecule has 0 spiro atoms. The molecule has 37 heavy (non-hydrogen) atoms. The van der Waals surface area contributed by atoms with Crippen molar-refractivity contribution in [3.05, 3.63) is 87.3 Å². The fourth-order valence-electron chi connectivity index (χ4n) is 3.56. The Bertz CT molecular complexity index is 1490. The van der Waals surface area contributed by atoms with Crippen LogP contribution in [0.25, 0.3) is 10.9 Å². The summed E-state index contributed by atoms with van der Waals surface area (Å²) in [5.41, 5.74) is 1.31. The van der Waals surface area contributed by atoms with Crippen molar-refractivity contribution >= 4 is 38.4 Å². The SMILES string of the molecule is CNCCNCc1ccc(NC(=O)c2cncc(C#Cc3[nH]nc4ccc(Br)cc34)c2)cc1C(F)(F)F. The van der Waals surface area contributed by atoms with Crippen LogP contribution in [0.2, 0.25) is 0 Å². The van der Waals surface area contributed by atoms with E-state index in [-0.39, 0.29) is 23.4 Å². The number of alkyl halides is 3. The van der Waals surface area contributed by atoms with Crippen LogP contribution >= 0.6 is 15.9 Å². The number of likely N-dealkylation sites (N-methyl/N-ethyl adjacent to an activating group) is 1. The summed E-state index contributed by atoms with van der Waals surface area (Å²) >= 11 is 3.42.